The van der Waals surface area contributed by atoms with Gasteiger partial charge < -0.3 is 10.1 Å². The highest BCUT2D eigenvalue weighted by Gasteiger charge is 2.06. The number of carbonyl (C=O) groups is 1. The standard InChI is InChI=1S/C15H11Cl2N5O2/c16-10-5-11(17)7-12(6-10)19-15(23)8-24-14-3-1-13(2-4-14)22-9-18-20-21-22/h1-7,9H,8H2,(H,19,23). The number of nitrogens with one attached hydrogen (secondary N) is 1. The number of hydrogen-bond acceptors (Lipinski definition) is 5. The summed E-state index contributed by atoms with van der Waals surface area (Å²) in [4.78, 5) is 11.9. The van der Waals surface area contributed by atoms with Crippen LogP contribution >= 0.6 is 23.2 Å². The molecule has 0 atom stereocenters. The summed E-state index contributed by atoms with van der Waals surface area (Å²) in [5, 5.41) is 14.5. The molecule has 24 heavy (non-hydrogen) atoms. The number of halogens is 2. The highest BCUT2D eigenvalue weighted by molar-refractivity contribution is 6.35. The van der Waals surface area contributed by atoms with Gasteiger partial charge in [0.1, 0.15) is 12.1 Å². The van der Waals surface area contributed by atoms with Crippen molar-refractivity contribution in [3.63, 3.8) is 0 Å². The Hall–Kier alpha value is -2.64. The summed E-state index contributed by atoms with van der Waals surface area (Å²) in [7, 11) is 0. The summed E-state index contributed by atoms with van der Waals surface area (Å²) < 4.78 is 6.95. The van der Waals surface area contributed by atoms with Gasteiger partial charge in [-0.2, -0.15) is 0 Å². The molecule has 0 radical (unpaired) electrons. The maximum atomic E-state index is 11.9. The van der Waals surface area contributed by atoms with E-state index in [-0.39, 0.29) is 12.5 Å². The molecule has 0 aliphatic heterocycles. The van der Waals surface area contributed by atoms with E-state index in [0.717, 1.165) is 5.69 Å². The SMILES string of the molecule is O=C(COc1ccc(-n2cnnn2)cc1)Nc1cc(Cl)cc(Cl)c1. The highest BCUT2D eigenvalue weighted by Crippen LogP contribution is 2.22. The van der Waals surface area contributed by atoms with Crippen molar-refractivity contribution in [3.8, 4) is 11.4 Å². The van der Waals surface area contributed by atoms with Crippen LogP contribution in [0.3, 0.4) is 0 Å². The first-order valence-corrected chi connectivity index (χ1v) is 7.58. The summed E-state index contributed by atoms with van der Waals surface area (Å²) in [5.74, 6) is 0.226. The average Bonchev–Trinajstić information content (AvgIpc) is 3.07. The minimum absolute atomic E-state index is 0.144. The van der Waals surface area contributed by atoms with Crippen LogP contribution in [0.2, 0.25) is 10.0 Å². The molecule has 7 nitrogen and oxygen atoms in total. The van der Waals surface area contributed by atoms with Gasteiger partial charge in [0.15, 0.2) is 6.61 Å². The minimum atomic E-state index is -0.321. The van der Waals surface area contributed by atoms with Gasteiger partial charge in [-0.15, -0.1) is 5.10 Å². The third kappa shape index (κ3) is 4.21. The monoisotopic (exact) mass is 363 g/mol. The molecule has 9 heteroatoms. The van der Waals surface area contributed by atoms with Crippen LogP contribution in [-0.2, 0) is 4.79 Å². The summed E-state index contributed by atoms with van der Waals surface area (Å²) in [5.41, 5.74) is 1.29. The third-order valence-corrected chi connectivity index (χ3v) is 3.40. The third-order valence-electron chi connectivity index (χ3n) is 2.97. The fourth-order valence-electron chi connectivity index (χ4n) is 1.95. The molecule has 1 aromatic heterocycles. The number of tetrazole rings is 1. The zero-order valence-electron chi connectivity index (χ0n) is 12.2. The summed E-state index contributed by atoms with van der Waals surface area (Å²) in [6.45, 7) is -0.144. The normalized spacial score (nSPS) is 10.4. The van der Waals surface area contributed by atoms with Crippen molar-refractivity contribution in [1.29, 1.82) is 0 Å². The molecule has 0 saturated carbocycles. The zero-order chi connectivity index (χ0) is 16.9. The topological polar surface area (TPSA) is 81.9 Å². The molecule has 0 spiro atoms. The number of ether oxygens (including phenoxy) is 1. The Labute approximate surface area is 147 Å². The van der Waals surface area contributed by atoms with Crippen molar-refractivity contribution >= 4 is 34.8 Å². The van der Waals surface area contributed by atoms with Crippen LogP contribution in [0.1, 0.15) is 0 Å². The van der Waals surface area contributed by atoms with Gasteiger partial charge in [-0.05, 0) is 52.9 Å². The van der Waals surface area contributed by atoms with Gasteiger partial charge >= 0.3 is 0 Å². The molecule has 0 bridgehead atoms. The van der Waals surface area contributed by atoms with Crippen molar-refractivity contribution in [1.82, 2.24) is 20.2 Å². The van der Waals surface area contributed by atoms with Gasteiger partial charge in [-0.25, -0.2) is 4.68 Å². The second-order valence-corrected chi connectivity index (χ2v) is 5.62. The molecule has 0 saturated heterocycles. The van der Waals surface area contributed by atoms with Crippen LogP contribution in [0.25, 0.3) is 5.69 Å². The van der Waals surface area contributed by atoms with Crippen molar-refractivity contribution in [2.24, 2.45) is 0 Å². The summed E-state index contributed by atoms with van der Waals surface area (Å²) in [6, 6.07) is 11.8. The van der Waals surface area contributed by atoms with Crippen LogP contribution in [0.5, 0.6) is 5.75 Å². The van der Waals surface area contributed by atoms with E-state index in [0.29, 0.717) is 21.5 Å². The number of benzene rings is 2. The highest BCUT2D eigenvalue weighted by atomic mass is 35.5. The number of carbonyl (C=O) groups excluding carboxylic acids is 1. The molecular weight excluding hydrogens is 353 g/mol. The average molecular weight is 364 g/mol. The Kier molecular flexibility index (Phi) is 4.93. The van der Waals surface area contributed by atoms with E-state index in [1.165, 1.54) is 11.0 Å². The molecule has 0 unspecified atom stereocenters. The first-order chi connectivity index (χ1) is 11.6. The Morgan fingerprint density at radius 1 is 1.12 bits per heavy atom. The van der Waals surface area contributed by atoms with E-state index in [9.17, 15) is 4.79 Å². The lowest BCUT2D eigenvalue weighted by Crippen LogP contribution is -2.20. The fourth-order valence-corrected chi connectivity index (χ4v) is 2.47. The molecule has 0 aliphatic rings. The molecule has 2 aromatic carbocycles. The molecule has 1 heterocycles. The van der Waals surface area contributed by atoms with Gasteiger partial charge in [0, 0.05) is 15.7 Å². The Balaban J connectivity index is 1.56. The molecular formula is C15H11Cl2N5O2. The smallest absolute Gasteiger partial charge is 0.262 e. The largest absolute Gasteiger partial charge is 0.484 e. The van der Waals surface area contributed by atoms with E-state index in [1.54, 1.807) is 42.5 Å². The van der Waals surface area contributed by atoms with Crippen LogP contribution in [0, 0.1) is 0 Å². The Morgan fingerprint density at radius 3 is 2.46 bits per heavy atom. The minimum Gasteiger partial charge on any atom is -0.484 e. The predicted molar refractivity (Wildman–Crippen MR) is 89.7 cm³/mol. The van der Waals surface area contributed by atoms with Crippen LogP contribution < -0.4 is 10.1 Å². The number of hydrogen-bond donors (Lipinski definition) is 1. The fraction of sp³-hybridized carbons (Fsp3) is 0.0667. The van der Waals surface area contributed by atoms with E-state index in [4.69, 9.17) is 27.9 Å². The lowest BCUT2D eigenvalue weighted by Gasteiger charge is -2.09. The number of aromatic nitrogens is 4. The molecule has 0 fully saturated rings. The van der Waals surface area contributed by atoms with E-state index in [1.807, 2.05) is 0 Å². The van der Waals surface area contributed by atoms with Crippen molar-refractivity contribution in [3.05, 3.63) is 58.8 Å². The van der Waals surface area contributed by atoms with Crippen LogP contribution in [0.15, 0.2) is 48.8 Å². The number of amides is 1. The second-order valence-electron chi connectivity index (χ2n) is 4.74. The summed E-state index contributed by atoms with van der Waals surface area (Å²) in [6.07, 6.45) is 1.49. The first-order valence-electron chi connectivity index (χ1n) is 6.82. The number of nitrogens with zero attached hydrogens (tertiary/aromatic N) is 4. The summed E-state index contributed by atoms with van der Waals surface area (Å²) >= 11 is 11.8. The number of rotatable bonds is 5. The van der Waals surface area contributed by atoms with Gasteiger partial charge in [0.05, 0.1) is 5.69 Å². The van der Waals surface area contributed by atoms with Gasteiger partial charge in [-0.3, -0.25) is 4.79 Å². The van der Waals surface area contributed by atoms with Crippen LogP contribution in [-0.4, -0.2) is 32.7 Å². The Morgan fingerprint density at radius 2 is 1.83 bits per heavy atom. The predicted octanol–water partition coefficient (Wildman–Crippen LogP) is 2.99. The zero-order valence-corrected chi connectivity index (χ0v) is 13.7. The van der Waals surface area contributed by atoms with E-state index in [2.05, 4.69) is 20.8 Å². The molecule has 1 amide bonds. The lowest BCUT2D eigenvalue weighted by molar-refractivity contribution is -0.118. The van der Waals surface area contributed by atoms with E-state index < -0.39 is 0 Å². The van der Waals surface area contributed by atoms with Gasteiger partial charge in [-0.1, -0.05) is 23.2 Å². The molecule has 3 aromatic rings. The second kappa shape index (κ2) is 7.29. The quantitative estimate of drug-likeness (QED) is 0.753. The maximum Gasteiger partial charge on any atom is 0.262 e. The van der Waals surface area contributed by atoms with Gasteiger partial charge in [0.2, 0.25) is 0 Å². The van der Waals surface area contributed by atoms with Crippen molar-refractivity contribution in [2.75, 3.05) is 11.9 Å². The lowest BCUT2D eigenvalue weighted by atomic mass is 10.3. The van der Waals surface area contributed by atoms with Crippen LogP contribution in [0.4, 0.5) is 5.69 Å². The molecule has 1 N–H and O–H groups in total. The molecule has 3 rings (SSSR count). The van der Waals surface area contributed by atoms with E-state index >= 15 is 0 Å². The van der Waals surface area contributed by atoms with Gasteiger partial charge in [0.25, 0.3) is 5.91 Å². The molecule has 0 aliphatic carbocycles. The number of anilines is 1. The van der Waals surface area contributed by atoms with Crippen molar-refractivity contribution in [2.45, 2.75) is 0 Å². The first kappa shape index (κ1) is 16.2. The van der Waals surface area contributed by atoms with Crippen molar-refractivity contribution < 1.29 is 9.53 Å². The Bertz CT molecular complexity index is 817. The maximum absolute atomic E-state index is 11.9. The molecule has 122 valence electrons.